The number of nitrogens with two attached hydrogens (primary N) is 1. The number of carbonyl (C=O) groups is 2. The van der Waals surface area contributed by atoms with Crippen LogP contribution >= 0.6 is 0 Å². The summed E-state index contributed by atoms with van der Waals surface area (Å²) in [6, 6.07) is 5.22. The van der Waals surface area contributed by atoms with Crippen molar-refractivity contribution in [2.75, 3.05) is 13.2 Å². The predicted molar refractivity (Wildman–Crippen MR) is 79.1 cm³/mol. The molecule has 1 aromatic rings. The SMILES string of the molecule is CC(=Cc1ccc(C)c(N=C=O)c1)C(=O)OCCOC(N)=O. The Hall–Kier alpha value is -2.92. The van der Waals surface area contributed by atoms with Gasteiger partial charge in [0.15, 0.2) is 0 Å². The number of hydrogen-bond donors (Lipinski definition) is 1. The van der Waals surface area contributed by atoms with Gasteiger partial charge in [-0.25, -0.2) is 14.4 Å². The van der Waals surface area contributed by atoms with E-state index in [1.165, 1.54) is 6.08 Å². The van der Waals surface area contributed by atoms with Crippen molar-refractivity contribution in [3.8, 4) is 0 Å². The summed E-state index contributed by atoms with van der Waals surface area (Å²) >= 11 is 0. The molecular formula is C15H16N2O5. The first-order valence-electron chi connectivity index (χ1n) is 6.40. The third-order valence-corrected chi connectivity index (χ3v) is 2.67. The molecule has 7 nitrogen and oxygen atoms in total. The lowest BCUT2D eigenvalue weighted by Crippen LogP contribution is -2.18. The molecule has 1 aromatic carbocycles. The normalized spacial score (nSPS) is 10.5. The van der Waals surface area contributed by atoms with Gasteiger partial charge in [-0.3, -0.25) is 0 Å². The number of benzene rings is 1. The van der Waals surface area contributed by atoms with E-state index in [9.17, 15) is 14.4 Å². The summed E-state index contributed by atoms with van der Waals surface area (Å²) in [4.78, 5) is 36.0. The van der Waals surface area contributed by atoms with Gasteiger partial charge in [0.25, 0.3) is 0 Å². The quantitative estimate of drug-likeness (QED) is 0.284. The molecule has 0 fully saturated rings. The van der Waals surface area contributed by atoms with Crippen molar-refractivity contribution in [2.24, 2.45) is 10.7 Å². The molecule has 1 rings (SSSR count). The zero-order valence-electron chi connectivity index (χ0n) is 12.3. The fourth-order valence-electron chi connectivity index (χ4n) is 1.59. The highest BCUT2D eigenvalue weighted by Crippen LogP contribution is 2.21. The maximum atomic E-state index is 11.7. The van der Waals surface area contributed by atoms with Crippen molar-refractivity contribution < 1.29 is 23.9 Å². The maximum Gasteiger partial charge on any atom is 0.404 e. The molecule has 2 N–H and O–H groups in total. The molecule has 0 spiro atoms. The standard InChI is InChI=1S/C15H16N2O5/c1-10-3-4-12(8-13(10)17-9-18)7-11(2)14(19)21-5-6-22-15(16)20/h3-4,7-8H,5-6H2,1-2H3,(H2,16,20). The van der Waals surface area contributed by atoms with Crippen molar-refractivity contribution >= 4 is 29.9 Å². The van der Waals surface area contributed by atoms with Crippen LogP contribution in [0.1, 0.15) is 18.1 Å². The molecule has 0 atom stereocenters. The highest BCUT2D eigenvalue weighted by molar-refractivity contribution is 5.93. The summed E-state index contributed by atoms with van der Waals surface area (Å²) in [5.41, 5.74) is 7.13. The van der Waals surface area contributed by atoms with Crippen molar-refractivity contribution in [3.63, 3.8) is 0 Å². The molecule has 0 saturated carbocycles. The van der Waals surface area contributed by atoms with Crippen LogP contribution in [-0.2, 0) is 19.1 Å². The van der Waals surface area contributed by atoms with E-state index < -0.39 is 12.1 Å². The van der Waals surface area contributed by atoms with Gasteiger partial charge in [0.05, 0.1) is 5.69 Å². The first kappa shape index (κ1) is 17.1. The number of amides is 1. The number of hydrogen-bond acceptors (Lipinski definition) is 6. The molecule has 0 radical (unpaired) electrons. The van der Waals surface area contributed by atoms with E-state index in [2.05, 4.69) is 9.73 Å². The topological polar surface area (TPSA) is 108 Å². The van der Waals surface area contributed by atoms with Crippen molar-refractivity contribution in [1.29, 1.82) is 0 Å². The molecule has 0 unspecified atom stereocenters. The van der Waals surface area contributed by atoms with E-state index >= 15 is 0 Å². The van der Waals surface area contributed by atoms with E-state index in [0.717, 1.165) is 5.56 Å². The fourth-order valence-corrected chi connectivity index (χ4v) is 1.59. The summed E-state index contributed by atoms with van der Waals surface area (Å²) in [5, 5.41) is 0. The van der Waals surface area contributed by atoms with Crippen molar-refractivity contribution in [3.05, 3.63) is 34.9 Å². The minimum atomic E-state index is -0.925. The van der Waals surface area contributed by atoms with E-state index in [1.807, 2.05) is 6.92 Å². The Kier molecular flexibility index (Phi) is 6.53. The number of carbonyl (C=O) groups excluding carboxylic acids is 3. The lowest BCUT2D eigenvalue weighted by Gasteiger charge is -2.05. The molecule has 1 amide bonds. The Morgan fingerprint density at radius 1 is 1.32 bits per heavy atom. The molecular weight excluding hydrogens is 288 g/mol. The molecule has 0 heterocycles. The van der Waals surface area contributed by atoms with E-state index in [1.54, 1.807) is 31.2 Å². The van der Waals surface area contributed by atoms with Gasteiger partial charge in [-0.05, 0) is 37.1 Å². The Bertz CT molecular complexity index is 645. The van der Waals surface area contributed by atoms with E-state index in [-0.39, 0.29) is 13.2 Å². The molecule has 22 heavy (non-hydrogen) atoms. The van der Waals surface area contributed by atoms with Crippen LogP contribution in [0.15, 0.2) is 28.8 Å². The van der Waals surface area contributed by atoms with Crippen LogP contribution in [0.2, 0.25) is 0 Å². The van der Waals surface area contributed by atoms with Gasteiger partial charge in [-0.15, -0.1) is 0 Å². The van der Waals surface area contributed by atoms with E-state index in [0.29, 0.717) is 16.8 Å². The van der Waals surface area contributed by atoms with Crippen molar-refractivity contribution in [2.45, 2.75) is 13.8 Å². The zero-order chi connectivity index (χ0) is 16.5. The van der Waals surface area contributed by atoms with Crippen LogP contribution in [0.25, 0.3) is 6.08 Å². The maximum absolute atomic E-state index is 11.7. The predicted octanol–water partition coefficient (Wildman–Crippen LogP) is 2.00. The molecule has 0 aromatic heterocycles. The summed E-state index contributed by atoms with van der Waals surface area (Å²) in [6.45, 7) is 3.21. The molecule has 0 aliphatic heterocycles. The Morgan fingerprint density at radius 2 is 2.00 bits per heavy atom. The summed E-state index contributed by atoms with van der Waals surface area (Å²) in [5.74, 6) is -0.547. The zero-order valence-corrected chi connectivity index (χ0v) is 12.3. The number of aliphatic imine (C=N–C) groups is 1. The smallest absolute Gasteiger partial charge is 0.404 e. The second-order valence-corrected chi connectivity index (χ2v) is 4.38. The highest BCUT2D eigenvalue weighted by Gasteiger charge is 2.07. The second-order valence-electron chi connectivity index (χ2n) is 4.38. The average Bonchev–Trinajstić information content (AvgIpc) is 2.46. The number of esters is 1. The molecule has 0 saturated heterocycles. The number of rotatable bonds is 6. The Balaban J connectivity index is 2.71. The fraction of sp³-hybridized carbons (Fsp3) is 0.267. The van der Waals surface area contributed by atoms with Gasteiger partial charge in [0, 0.05) is 5.57 Å². The van der Waals surface area contributed by atoms with Gasteiger partial charge in [0.1, 0.15) is 13.2 Å². The van der Waals surface area contributed by atoms with Crippen LogP contribution in [0.4, 0.5) is 10.5 Å². The first-order chi connectivity index (χ1) is 10.4. The van der Waals surface area contributed by atoms with Gasteiger partial charge in [-0.1, -0.05) is 12.1 Å². The number of ether oxygens (including phenoxy) is 2. The average molecular weight is 304 g/mol. The van der Waals surface area contributed by atoms with Crippen LogP contribution in [0.3, 0.4) is 0 Å². The summed E-state index contributed by atoms with van der Waals surface area (Å²) in [7, 11) is 0. The van der Waals surface area contributed by atoms with Gasteiger partial charge >= 0.3 is 12.1 Å². The van der Waals surface area contributed by atoms with Crippen LogP contribution < -0.4 is 5.73 Å². The monoisotopic (exact) mass is 304 g/mol. The minimum absolute atomic E-state index is 0.0818. The Labute approximate surface area is 127 Å². The van der Waals surface area contributed by atoms with Crippen LogP contribution in [0, 0.1) is 6.92 Å². The molecule has 7 heteroatoms. The third-order valence-electron chi connectivity index (χ3n) is 2.67. The minimum Gasteiger partial charge on any atom is -0.459 e. The summed E-state index contributed by atoms with van der Waals surface area (Å²) < 4.78 is 9.34. The molecule has 0 aliphatic carbocycles. The largest absolute Gasteiger partial charge is 0.459 e. The number of primary amides is 1. The first-order valence-corrected chi connectivity index (χ1v) is 6.40. The lowest BCUT2D eigenvalue weighted by molar-refractivity contribution is -0.139. The second kappa shape index (κ2) is 8.39. The molecule has 116 valence electrons. The highest BCUT2D eigenvalue weighted by atomic mass is 16.6. The van der Waals surface area contributed by atoms with Crippen molar-refractivity contribution in [1.82, 2.24) is 0 Å². The third kappa shape index (κ3) is 5.60. The number of nitrogens with zero attached hydrogens (tertiary/aromatic N) is 1. The van der Waals surface area contributed by atoms with Gasteiger partial charge in [-0.2, -0.15) is 4.99 Å². The van der Waals surface area contributed by atoms with E-state index in [4.69, 9.17) is 10.5 Å². The van der Waals surface area contributed by atoms with Crippen LogP contribution in [0.5, 0.6) is 0 Å². The van der Waals surface area contributed by atoms with Gasteiger partial charge < -0.3 is 15.2 Å². The van der Waals surface area contributed by atoms with Gasteiger partial charge in [0.2, 0.25) is 6.08 Å². The number of isocyanates is 1. The molecule has 0 bridgehead atoms. The number of aryl methyl sites for hydroxylation is 1. The molecule has 0 aliphatic rings. The summed E-state index contributed by atoms with van der Waals surface area (Å²) in [6.07, 6.45) is 2.16. The lowest BCUT2D eigenvalue weighted by atomic mass is 10.1. The Morgan fingerprint density at radius 3 is 2.64 bits per heavy atom. The van der Waals surface area contributed by atoms with Crippen LogP contribution in [-0.4, -0.2) is 31.4 Å².